The first-order chi connectivity index (χ1) is 14.4. The van der Waals surface area contributed by atoms with E-state index in [1.165, 1.54) is 24.2 Å². The fraction of sp³-hybridized carbons (Fsp3) is 0.286. The predicted octanol–water partition coefficient (Wildman–Crippen LogP) is 4.63. The molecule has 156 valence electrons. The number of benzene rings is 2. The monoisotopic (exact) mass is 425 g/mol. The number of hydrogen-bond donors (Lipinski definition) is 1. The number of nitro benzene ring substituents is 1. The fourth-order valence-electron chi connectivity index (χ4n) is 2.79. The molecule has 0 aliphatic heterocycles. The topological polar surface area (TPSA) is 103 Å². The van der Waals surface area contributed by atoms with Crippen LogP contribution in [0.2, 0.25) is 0 Å². The SMILES string of the molecule is CC(C)CCSc1ccc(C(=O)Nc2ccccc2Cn2cncn2)cc1[N+](=O)[O-]. The maximum absolute atomic E-state index is 12.8. The number of nitrogens with one attached hydrogen (secondary N) is 1. The number of nitrogens with zero attached hydrogens (tertiary/aromatic N) is 4. The van der Waals surface area contributed by atoms with E-state index in [1.54, 1.807) is 29.2 Å². The first kappa shape index (κ1) is 21.5. The molecule has 0 atom stereocenters. The Hall–Kier alpha value is -3.20. The minimum absolute atomic E-state index is 0.0488. The van der Waals surface area contributed by atoms with Crippen LogP contribution >= 0.6 is 11.8 Å². The molecule has 1 aromatic heterocycles. The summed E-state index contributed by atoms with van der Waals surface area (Å²) in [6.07, 6.45) is 4.01. The molecule has 3 rings (SSSR count). The van der Waals surface area contributed by atoms with Gasteiger partial charge in [-0.3, -0.25) is 14.9 Å². The summed E-state index contributed by atoms with van der Waals surface area (Å²) < 4.78 is 1.65. The minimum atomic E-state index is -0.437. The summed E-state index contributed by atoms with van der Waals surface area (Å²) in [7, 11) is 0. The first-order valence-corrected chi connectivity index (χ1v) is 10.6. The highest BCUT2D eigenvalue weighted by Gasteiger charge is 2.19. The van der Waals surface area contributed by atoms with Crippen LogP contribution in [0.15, 0.2) is 60.0 Å². The lowest BCUT2D eigenvalue weighted by atomic mass is 10.1. The number of rotatable bonds is 9. The van der Waals surface area contributed by atoms with E-state index in [4.69, 9.17) is 0 Å². The van der Waals surface area contributed by atoms with E-state index in [9.17, 15) is 14.9 Å². The van der Waals surface area contributed by atoms with Crippen molar-refractivity contribution in [3.05, 3.63) is 76.4 Å². The van der Waals surface area contributed by atoms with Crippen molar-refractivity contribution in [3.63, 3.8) is 0 Å². The van der Waals surface area contributed by atoms with E-state index in [1.807, 2.05) is 18.2 Å². The number of amides is 1. The second-order valence-corrected chi connectivity index (χ2v) is 8.31. The molecule has 1 heterocycles. The van der Waals surface area contributed by atoms with Gasteiger partial charge in [-0.25, -0.2) is 9.67 Å². The van der Waals surface area contributed by atoms with Gasteiger partial charge in [0, 0.05) is 17.3 Å². The quantitative estimate of drug-likeness (QED) is 0.305. The van der Waals surface area contributed by atoms with Crippen LogP contribution in [-0.4, -0.2) is 31.3 Å². The fourth-order valence-corrected chi connectivity index (χ4v) is 4.05. The van der Waals surface area contributed by atoms with Gasteiger partial charge in [0.25, 0.3) is 11.6 Å². The number of thioether (sulfide) groups is 1. The van der Waals surface area contributed by atoms with Crippen molar-refractivity contribution in [1.29, 1.82) is 0 Å². The van der Waals surface area contributed by atoms with Gasteiger partial charge in [0.2, 0.25) is 0 Å². The summed E-state index contributed by atoms with van der Waals surface area (Å²) in [5, 5.41) is 18.5. The van der Waals surface area contributed by atoms with E-state index in [2.05, 4.69) is 29.2 Å². The Morgan fingerprint density at radius 3 is 2.77 bits per heavy atom. The Bertz CT molecular complexity index is 1020. The van der Waals surface area contributed by atoms with Crippen molar-refractivity contribution in [2.45, 2.75) is 31.7 Å². The lowest BCUT2D eigenvalue weighted by Gasteiger charge is -2.12. The molecule has 9 heteroatoms. The number of nitro groups is 1. The van der Waals surface area contributed by atoms with Crippen LogP contribution in [0.5, 0.6) is 0 Å². The molecule has 3 aromatic rings. The maximum atomic E-state index is 12.8. The number of anilines is 1. The van der Waals surface area contributed by atoms with Crippen LogP contribution in [0.25, 0.3) is 0 Å². The second kappa shape index (κ2) is 10.0. The van der Waals surface area contributed by atoms with Crippen molar-refractivity contribution in [3.8, 4) is 0 Å². The molecular weight excluding hydrogens is 402 g/mol. The summed E-state index contributed by atoms with van der Waals surface area (Å²) in [4.78, 5) is 28.4. The predicted molar refractivity (Wildman–Crippen MR) is 117 cm³/mol. The van der Waals surface area contributed by atoms with Crippen molar-refractivity contribution < 1.29 is 9.72 Å². The van der Waals surface area contributed by atoms with Gasteiger partial charge in [0.1, 0.15) is 12.7 Å². The number of aromatic nitrogens is 3. The standard InChI is InChI=1S/C21H23N5O3S/c1-15(2)9-10-30-20-8-7-16(11-19(20)26(28)29)21(27)24-18-6-4-3-5-17(18)12-25-14-22-13-23-25/h3-8,11,13-15H,9-10,12H2,1-2H3,(H,24,27). The van der Waals surface area contributed by atoms with E-state index < -0.39 is 10.8 Å². The Kier molecular flexibility index (Phi) is 7.18. The zero-order valence-electron chi connectivity index (χ0n) is 16.8. The maximum Gasteiger partial charge on any atom is 0.283 e. The Labute approximate surface area is 178 Å². The van der Waals surface area contributed by atoms with Crippen LogP contribution in [-0.2, 0) is 6.54 Å². The molecule has 30 heavy (non-hydrogen) atoms. The molecule has 0 spiro atoms. The van der Waals surface area contributed by atoms with E-state index >= 15 is 0 Å². The highest BCUT2D eigenvalue weighted by molar-refractivity contribution is 7.99. The van der Waals surface area contributed by atoms with Crippen LogP contribution in [0.3, 0.4) is 0 Å². The summed E-state index contributed by atoms with van der Waals surface area (Å²) >= 11 is 1.44. The molecule has 0 fully saturated rings. The molecule has 0 bridgehead atoms. The Morgan fingerprint density at radius 1 is 1.27 bits per heavy atom. The van der Waals surface area contributed by atoms with Gasteiger partial charge in [-0.1, -0.05) is 32.0 Å². The van der Waals surface area contributed by atoms with Crippen LogP contribution in [0.1, 0.15) is 36.2 Å². The summed E-state index contributed by atoms with van der Waals surface area (Å²) in [6, 6.07) is 12.0. The highest BCUT2D eigenvalue weighted by Crippen LogP contribution is 2.31. The molecule has 0 aliphatic carbocycles. The van der Waals surface area contributed by atoms with Crippen molar-refractivity contribution in [2.24, 2.45) is 5.92 Å². The molecule has 0 aliphatic rings. The minimum Gasteiger partial charge on any atom is -0.322 e. The van der Waals surface area contributed by atoms with Gasteiger partial charge in [-0.15, -0.1) is 11.8 Å². The summed E-state index contributed by atoms with van der Waals surface area (Å²) in [5.41, 5.74) is 1.67. The van der Waals surface area contributed by atoms with Crippen molar-refractivity contribution in [1.82, 2.24) is 14.8 Å². The van der Waals surface area contributed by atoms with Crippen LogP contribution in [0.4, 0.5) is 11.4 Å². The van der Waals surface area contributed by atoms with Gasteiger partial charge < -0.3 is 5.32 Å². The average molecular weight is 426 g/mol. The van der Waals surface area contributed by atoms with E-state index in [0.717, 1.165) is 17.7 Å². The smallest absolute Gasteiger partial charge is 0.283 e. The third-order valence-electron chi connectivity index (χ3n) is 4.44. The number of para-hydroxylation sites is 1. The zero-order chi connectivity index (χ0) is 21.5. The molecular formula is C21H23N5O3S. The molecule has 1 N–H and O–H groups in total. The first-order valence-electron chi connectivity index (χ1n) is 9.57. The van der Waals surface area contributed by atoms with Gasteiger partial charge in [-0.2, -0.15) is 5.10 Å². The largest absolute Gasteiger partial charge is 0.322 e. The number of carbonyl (C=O) groups is 1. The van der Waals surface area contributed by atoms with Crippen molar-refractivity contribution in [2.75, 3.05) is 11.1 Å². The molecule has 0 unspecified atom stereocenters. The number of hydrogen-bond acceptors (Lipinski definition) is 6. The van der Waals surface area contributed by atoms with Crippen LogP contribution < -0.4 is 5.32 Å². The molecule has 0 saturated carbocycles. The molecule has 8 nitrogen and oxygen atoms in total. The van der Waals surface area contributed by atoms with Gasteiger partial charge in [-0.05, 0) is 41.9 Å². The number of carbonyl (C=O) groups excluding carboxylic acids is 1. The zero-order valence-corrected chi connectivity index (χ0v) is 17.6. The highest BCUT2D eigenvalue weighted by atomic mass is 32.2. The molecule has 1 amide bonds. The lowest BCUT2D eigenvalue weighted by Crippen LogP contribution is -2.14. The second-order valence-electron chi connectivity index (χ2n) is 7.17. The van der Waals surface area contributed by atoms with Gasteiger partial charge in [0.05, 0.1) is 16.4 Å². The van der Waals surface area contributed by atoms with Crippen molar-refractivity contribution >= 4 is 29.0 Å². The summed E-state index contributed by atoms with van der Waals surface area (Å²) in [6.45, 7) is 4.67. The molecule has 0 saturated heterocycles. The Morgan fingerprint density at radius 2 is 2.07 bits per heavy atom. The van der Waals surface area contributed by atoms with Gasteiger partial charge in [0.15, 0.2) is 0 Å². The third kappa shape index (κ3) is 5.66. The lowest BCUT2D eigenvalue weighted by molar-refractivity contribution is -0.387. The van der Waals surface area contributed by atoms with Gasteiger partial charge >= 0.3 is 0 Å². The normalized spacial score (nSPS) is 10.9. The molecule has 0 radical (unpaired) electrons. The van der Waals surface area contributed by atoms with Crippen LogP contribution in [0, 0.1) is 16.0 Å². The molecule has 2 aromatic carbocycles. The summed E-state index contributed by atoms with van der Waals surface area (Å²) in [5.74, 6) is 0.918. The Balaban J connectivity index is 1.77. The van der Waals surface area contributed by atoms with E-state index in [0.29, 0.717) is 23.0 Å². The van der Waals surface area contributed by atoms with E-state index in [-0.39, 0.29) is 11.3 Å². The average Bonchev–Trinajstić information content (AvgIpc) is 3.22. The third-order valence-corrected chi connectivity index (χ3v) is 5.53.